The normalized spacial score (nSPS) is 20.5. The SMILES string of the molecule is CC[C@H](C(=O)N[C@@H]1Cc2ccccc2[C@H]1OC)c1ccc(F)cc1. The number of ether oxygens (including phenoxy) is 1. The van der Waals surface area contributed by atoms with Gasteiger partial charge in [0.15, 0.2) is 0 Å². The van der Waals surface area contributed by atoms with Gasteiger partial charge in [-0.3, -0.25) is 4.79 Å². The van der Waals surface area contributed by atoms with E-state index in [9.17, 15) is 9.18 Å². The van der Waals surface area contributed by atoms with Crippen LogP contribution in [-0.2, 0) is 16.0 Å². The van der Waals surface area contributed by atoms with Gasteiger partial charge < -0.3 is 10.1 Å². The fourth-order valence-electron chi connectivity index (χ4n) is 3.53. The molecule has 24 heavy (non-hydrogen) atoms. The molecule has 1 aliphatic carbocycles. The van der Waals surface area contributed by atoms with Gasteiger partial charge >= 0.3 is 0 Å². The molecule has 0 aliphatic heterocycles. The molecule has 0 saturated carbocycles. The van der Waals surface area contributed by atoms with E-state index < -0.39 is 0 Å². The molecule has 0 heterocycles. The molecule has 0 radical (unpaired) electrons. The third kappa shape index (κ3) is 3.20. The van der Waals surface area contributed by atoms with Crippen LogP contribution in [0.1, 0.15) is 42.1 Å². The minimum atomic E-state index is -0.292. The zero-order chi connectivity index (χ0) is 17.1. The highest BCUT2D eigenvalue weighted by molar-refractivity contribution is 5.84. The Kier molecular flexibility index (Phi) is 4.95. The Morgan fingerprint density at radius 2 is 1.96 bits per heavy atom. The average molecular weight is 327 g/mol. The molecule has 3 nitrogen and oxygen atoms in total. The van der Waals surface area contributed by atoms with Crippen molar-refractivity contribution < 1.29 is 13.9 Å². The van der Waals surface area contributed by atoms with Gasteiger partial charge in [-0.2, -0.15) is 0 Å². The number of rotatable bonds is 5. The second-order valence-corrected chi connectivity index (χ2v) is 6.19. The molecule has 1 amide bonds. The summed E-state index contributed by atoms with van der Waals surface area (Å²) in [6, 6.07) is 14.2. The number of amides is 1. The molecule has 3 rings (SSSR count). The van der Waals surface area contributed by atoms with Crippen LogP contribution in [0.2, 0.25) is 0 Å². The lowest BCUT2D eigenvalue weighted by Gasteiger charge is -2.23. The summed E-state index contributed by atoms with van der Waals surface area (Å²) in [5.74, 6) is -0.615. The first kappa shape index (κ1) is 16.7. The average Bonchev–Trinajstić information content (AvgIpc) is 2.94. The zero-order valence-corrected chi connectivity index (χ0v) is 14.0. The van der Waals surface area contributed by atoms with Gasteiger partial charge in [0.05, 0.1) is 12.0 Å². The van der Waals surface area contributed by atoms with Gasteiger partial charge in [0.25, 0.3) is 0 Å². The van der Waals surface area contributed by atoms with Gasteiger partial charge in [-0.25, -0.2) is 4.39 Å². The Hall–Kier alpha value is -2.20. The van der Waals surface area contributed by atoms with Crippen LogP contribution in [0.25, 0.3) is 0 Å². The smallest absolute Gasteiger partial charge is 0.227 e. The topological polar surface area (TPSA) is 38.3 Å². The molecule has 0 fully saturated rings. The van der Waals surface area contributed by atoms with Gasteiger partial charge in [-0.15, -0.1) is 0 Å². The van der Waals surface area contributed by atoms with Gasteiger partial charge in [0.2, 0.25) is 5.91 Å². The molecule has 1 aliphatic rings. The van der Waals surface area contributed by atoms with Crippen molar-refractivity contribution in [3.8, 4) is 0 Å². The lowest BCUT2D eigenvalue weighted by atomic mass is 9.95. The predicted molar refractivity (Wildman–Crippen MR) is 91.3 cm³/mol. The molecule has 0 bridgehead atoms. The highest BCUT2D eigenvalue weighted by Gasteiger charge is 2.34. The number of carbonyl (C=O) groups excluding carboxylic acids is 1. The first-order chi connectivity index (χ1) is 11.6. The molecule has 2 aromatic rings. The van der Waals surface area contributed by atoms with Crippen LogP contribution in [0.15, 0.2) is 48.5 Å². The number of carbonyl (C=O) groups is 1. The largest absolute Gasteiger partial charge is 0.375 e. The van der Waals surface area contributed by atoms with Crippen molar-refractivity contribution in [2.75, 3.05) is 7.11 Å². The standard InChI is InChI=1S/C20H22FNO2/c1-3-16(13-8-10-15(21)11-9-13)20(23)22-18-12-14-6-4-5-7-17(14)19(18)24-2/h4-11,16,18-19H,3,12H2,1-2H3,(H,22,23)/t16-,18+,19+/m0/s1. The van der Waals surface area contributed by atoms with Crippen molar-refractivity contribution >= 4 is 5.91 Å². The summed E-state index contributed by atoms with van der Waals surface area (Å²) in [6.45, 7) is 1.96. The molecule has 0 saturated heterocycles. The van der Waals surface area contributed by atoms with Crippen LogP contribution < -0.4 is 5.32 Å². The molecule has 0 spiro atoms. The molecule has 1 N–H and O–H groups in total. The van der Waals surface area contributed by atoms with Crippen LogP contribution in [0.3, 0.4) is 0 Å². The Morgan fingerprint density at radius 1 is 1.25 bits per heavy atom. The Morgan fingerprint density at radius 3 is 2.62 bits per heavy atom. The van der Waals surface area contributed by atoms with Crippen molar-refractivity contribution in [1.29, 1.82) is 0 Å². The van der Waals surface area contributed by atoms with Gasteiger partial charge in [0.1, 0.15) is 11.9 Å². The van der Waals surface area contributed by atoms with Crippen molar-refractivity contribution in [3.05, 3.63) is 71.0 Å². The lowest BCUT2D eigenvalue weighted by molar-refractivity contribution is -0.124. The summed E-state index contributed by atoms with van der Waals surface area (Å²) in [5, 5.41) is 3.13. The highest BCUT2D eigenvalue weighted by atomic mass is 19.1. The molecular weight excluding hydrogens is 305 g/mol. The molecule has 0 unspecified atom stereocenters. The van der Waals surface area contributed by atoms with E-state index in [1.165, 1.54) is 17.7 Å². The van der Waals surface area contributed by atoms with E-state index >= 15 is 0 Å². The maximum absolute atomic E-state index is 13.1. The lowest BCUT2D eigenvalue weighted by Crippen LogP contribution is -2.41. The summed E-state index contributed by atoms with van der Waals surface area (Å²) in [6.07, 6.45) is 1.30. The number of methoxy groups -OCH3 is 1. The maximum atomic E-state index is 13.1. The van der Waals surface area contributed by atoms with Gasteiger partial charge in [-0.1, -0.05) is 43.3 Å². The fourth-order valence-corrected chi connectivity index (χ4v) is 3.53. The minimum absolute atomic E-state index is 0.0380. The summed E-state index contributed by atoms with van der Waals surface area (Å²) in [4.78, 5) is 12.8. The van der Waals surface area contributed by atoms with E-state index in [2.05, 4.69) is 11.4 Å². The molecule has 2 aromatic carbocycles. The zero-order valence-electron chi connectivity index (χ0n) is 14.0. The van der Waals surface area contributed by atoms with E-state index in [1.54, 1.807) is 19.2 Å². The van der Waals surface area contributed by atoms with Crippen LogP contribution in [0.5, 0.6) is 0 Å². The first-order valence-electron chi connectivity index (χ1n) is 8.30. The summed E-state index contributed by atoms with van der Waals surface area (Å²) in [7, 11) is 1.67. The summed E-state index contributed by atoms with van der Waals surface area (Å²) in [5.41, 5.74) is 3.19. The fraction of sp³-hybridized carbons (Fsp3) is 0.350. The molecule has 3 atom stereocenters. The van der Waals surface area contributed by atoms with Crippen LogP contribution in [-0.4, -0.2) is 19.1 Å². The molecular formula is C20H22FNO2. The van der Waals surface area contributed by atoms with E-state index in [1.807, 2.05) is 25.1 Å². The molecule has 0 aromatic heterocycles. The van der Waals surface area contributed by atoms with E-state index in [0.717, 1.165) is 17.5 Å². The van der Waals surface area contributed by atoms with E-state index in [4.69, 9.17) is 4.74 Å². The molecule has 126 valence electrons. The first-order valence-corrected chi connectivity index (χ1v) is 8.30. The predicted octanol–water partition coefficient (Wildman–Crippen LogP) is 3.75. The third-order valence-electron chi connectivity index (χ3n) is 4.75. The minimum Gasteiger partial charge on any atom is -0.375 e. The van der Waals surface area contributed by atoms with Crippen LogP contribution >= 0.6 is 0 Å². The second-order valence-electron chi connectivity index (χ2n) is 6.19. The molecule has 4 heteroatoms. The number of halogens is 1. The van der Waals surface area contributed by atoms with E-state index in [0.29, 0.717) is 6.42 Å². The quantitative estimate of drug-likeness (QED) is 0.908. The monoisotopic (exact) mass is 327 g/mol. The van der Waals surface area contributed by atoms with Crippen molar-refractivity contribution in [2.45, 2.75) is 37.8 Å². The second kappa shape index (κ2) is 7.14. The van der Waals surface area contributed by atoms with Crippen molar-refractivity contribution in [2.24, 2.45) is 0 Å². The number of fused-ring (bicyclic) bond motifs is 1. The van der Waals surface area contributed by atoms with Crippen molar-refractivity contribution in [3.63, 3.8) is 0 Å². The number of nitrogens with one attached hydrogen (secondary N) is 1. The Bertz CT molecular complexity index is 714. The van der Waals surface area contributed by atoms with E-state index in [-0.39, 0.29) is 29.8 Å². The Balaban J connectivity index is 1.75. The van der Waals surface area contributed by atoms with Gasteiger partial charge in [-0.05, 0) is 41.7 Å². The van der Waals surface area contributed by atoms with Crippen LogP contribution in [0, 0.1) is 5.82 Å². The maximum Gasteiger partial charge on any atom is 0.227 e. The number of hydrogen-bond acceptors (Lipinski definition) is 2. The highest BCUT2D eigenvalue weighted by Crippen LogP contribution is 2.34. The number of benzene rings is 2. The third-order valence-corrected chi connectivity index (χ3v) is 4.75. The summed E-state index contributed by atoms with van der Waals surface area (Å²) < 4.78 is 18.7. The Labute approximate surface area is 141 Å². The summed E-state index contributed by atoms with van der Waals surface area (Å²) >= 11 is 0. The van der Waals surface area contributed by atoms with Crippen molar-refractivity contribution in [1.82, 2.24) is 5.32 Å². The van der Waals surface area contributed by atoms with Crippen LogP contribution in [0.4, 0.5) is 4.39 Å². The van der Waals surface area contributed by atoms with Gasteiger partial charge in [0, 0.05) is 7.11 Å². The number of hydrogen-bond donors (Lipinski definition) is 1.